The highest BCUT2D eigenvalue weighted by Crippen LogP contribution is 2.53. The van der Waals surface area contributed by atoms with Gasteiger partial charge in [0, 0.05) is 19.9 Å². The van der Waals surface area contributed by atoms with E-state index in [9.17, 15) is 9.59 Å². The number of ether oxygens (including phenoxy) is 2. The Morgan fingerprint density at radius 2 is 1.00 bits per heavy atom. The van der Waals surface area contributed by atoms with Crippen molar-refractivity contribution in [1.82, 2.24) is 0 Å². The second-order valence-electron chi connectivity index (χ2n) is 5.52. The van der Waals surface area contributed by atoms with Gasteiger partial charge in [0.2, 0.25) is 0 Å². The summed E-state index contributed by atoms with van der Waals surface area (Å²) in [4.78, 5) is 27.0. The van der Waals surface area contributed by atoms with E-state index < -0.39 is 11.9 Å². The lowest BCUT2D eigenvalue weighted by Crippen LogP contribution is -2.12. The number of carbonyl (C=O) groups excluding carboxylic acids is 2. The minimum absolute atomic E-state index is 0.382. The first kappa shape index (κ1) is 20.9. The average molecular weight is 453 g/mol. The van der Waals surface area contributed by atoms with Crippen molar-refractivity contribution in [3.8, 4) is 0 Å². The summed E-state index contributed by atoms with van der Waals surface area (Å²) in [5.74, 6) is -0.976. The lowest BCUT2D eigenvalue weighted by molar-refractivity contribution is -0.136. The minimum atomic E-state index is -0.488. The standard InChI is InChI=1S/C20H14Cl2O4S2/c1-25-19(23)17-15(11-3-7-13(21)8-4-11)28-18(20(24)26-2)16(27-17)12-5-9-14(22)10-6-12/h3-10H,1-2H3. The molecule has 4 nitrogen and oxygen atoms in total. The van der Waals surface area contributed by atoms with Gasteiger partial charge in [-0.3, -0.25) is 0 Å². The van der Waals surface area contributed by atoms with E-state index in [0.717, 1.165) is 11.1 Å². The first-order chi connectivity index (χ1) is 13.4. The van der Waals surface area contributed by atoms with Crippen molar-refractivity contribution in [2.75, 3.05) is 14.2 Å². The van der Waals surface area contributed by atoms with Crippen molar-refractivity contribution in [2.45, 2.75) is 0 Å². The molecule has 0 aliphatic carbocycles. The first-order valence-corrected chi connectivity index (χ1v) is 10.4. The van der Waals surface area contributed by atoms with Crippen molar-refractivity contribution in [3.05, 3.63) is 79.5 Å². The summed E-state index contributed by atoms with van der Waals surface area (Å²) in [5, 5.41) is 1.14. The molecular formula is C20H14Cl2O4S2. The molecule has 0 amide bonds. The van der Waals surface area contributed by atoms with Gasteiger partial charge in [-0.15, -0.1) is 0 Å². The maximum Gasteiger partial charge on any atom is 0.345 e. The van der Waals surface area contributed by atoms with Crippen molar-refractivity contribution >= 4 is 68.5 Å². The Kier molecular flexibility index (Phi) is 6.78. The zero-order valence-corrected chi connectivity index (χ0v) is 18.0. The van der Waals surface area contributed by atoms with Crippen LogP contribution in [0.5, 0.6) is 0 Å². The Morgan fingerprint density at radius 3 is 1.29 bits per heavy atom. The fourth-order valence-corrected chi connectivity index (χ4v) is 5.20. The fraction of sp³-hybridized carbons (Fsp3) is 0.100. The van der Waals surface area contributed by atoms with E-state index in [-0.39, 0.29) is 0 Å². The van der Waals surface area contributed by atoms with Gasteiger partial charge < -0.3 is 9.47 Å². The molecule has 3 rings (SSSR count). The van der Waals surface area contributed by atoms with E-state index >= 15 is 0 Å². The van der Waals surface area contributed by atoms with Crippen molar-refractivity contribution in [3.63, 3.8) is 0 Å². The summed E-state index contributed by atoms with van der Waals surface area (Å²) < 4.78 is 9.95. The van der Waals surface area contributed by atoms with E-state index in [1.165, 1.54) is 37.7 Å². The second-order valence-corrected chi connectivity index (χ2v) is 8.43. The van der Waals surface area contributed by atoms with Gasteiger partial charge >= 0.3 is 11.9 Å². The SMILES string of the molecule is COC(=O)C1=C(c2ccc(Cl)cc2)SC(C(=O)OC)=C(c2ccc(Cl)cc2)S1. The topological polar surface area (TPSA) is 52.6 Å². The second kappa shape index (κ2) is 9.09. The summed E-state index contributed by atoms with van der Waals surface area (Å²) >= 11 is 14.3. The molecular weight excluding hydrogens is 439 g/mol. The summed E-state index contributed by atoms with van der Waals surface area (Å²) in [6.45, 7) is 0. The van der Waals surface area contributed by atoms with Crippen molar-refractivity contribution in [2.24, 2.45) is 0 Å². The molecule has 0 fully saturated rings. The summed E-state index contributed by atoms with van der Waals surface area (Å²) in [7, 11) is 2.64. The molecule has 0 aromatic heterocycles. The first-order valence-electron chi connectivity index (χ1n) is 7.97. The molecule has 2 aromatic carbocycles. The highest BCUT2D eigenvalue weighted by molar-refractivity contribution is 8.20. The molecule has 0 spiro atoms. The third kappa shape index (κ3) is 4.41. The number of halogens is 2. The van der Waals surface area contributed by atoms with E-state index in [1.807, 2.05) is 0 Å². The zero-order valence-electron chi connectivity index (χ0n) is 14.8. The van der Waals surface area contributed by atoms with Crippen LogP contribution in [0.15, 0.2) is 58.3 Å². The molecule has 0 radical (unpaired) electrons. The number of methoxy groups -OCH3 is 2. The smallest absolute Gasteiger partial charge is 0.345 e. The number of benzene rings is 2. The third-order valence-electron chi connectivity index (χ3n) is 3.78. The van der Waals surface area contributed by atoms with E-state index in [2.05, 4.69) is 0 Å². The Bertz CT molecular complexity index is 899. The Morgan fingerprint density at radius 1 is 0.679 bits per heavy atom. The van der Waals surface area contributed by atoms with Gasteiger partial charge in [-0.05, 0) is 35.4 Å². The van der Waals surface area contributed by atoms with Gasteiger partial charge in [0.25, 0.3) is 0 Å². The molecule has 144 valence electrons. The Balaban J connectivity index is 2.15. The predicted molar refractivity (Wildman–Crippen MR) is 116 cm³/mol. The number of hydrogen-bond donors (Lipinski definition) is 0. The van der Waals surface area contributed by atoms with Crippen LogP contribution >= 0.6 is 46.7 Å². The summed E-state index contributed by atoms with van der Waals surface area (Å²) in [5.41, 5.74) is 1.50. The van der Waals surface area contributed by atoms with Crippen LogP contribution in [-0.2, 0) is 19.1 Å². The van der Waals surface area contributed by atoms with E-state index in [1.54, 1.807) is 48.5 Å². The van der Waals surface area contributed by atoms with Crippen LogP contribution in [0.25, 0.3) is 9.81 Å². The number of esters is 2. The van der Waals surface area contributed by atoms with Crippen LogP contribution in [0.2, 0.25) is 10.0 Å². The molecule has 0 saturated carbocycles. The number of hydrogen-bond acceptors (Lipinski definition) is 6. The lowest BCUT2D eigenvalue weighted by Gasteiger charge is -2.23. The van der Waals surface area contributed by atoms with Crippen LogP contribution in [0.4, 0.5) is 0 Å². The number of rotatable bonds is 4. The molecule has 28 heavy (non-hydrogen) atoms. The summed E-state index contributed by atoms with van der Waals surface area (Å²) in [6.07, 6.45) is 0. The van der Waals surface area contributed by atoms with Crippen LogP contribution in [-0.4, -0.2) is 26.2 Å². The normalized spacial score (nSPS) is 14.1. The molecule has 0 N–H and O–H groups in total. The van der Waals surface area contributed by atoms with E-state index in [4.69, 9.17) is 32.7 Å². The molecule has 1 aliphatic heterocycles. The largest absolute Gasteiger partial charge is 0.465 e. The fourth-order valence-electron chi connectivity index (χ4n) is 2.43. The van der Waals surface area contributed by atoms with Gasteiger partial charge in [-0.2, -0.15) is 0 Å². The molecule has 2 aromatic rings. The molecule has 1 heterocycles. The molecule has 1 aliphatic rings. The van der Waals surface area contributed by atoms with Crippen molar-refractivity contribution < 1.29 is 19.1 Å². The van der Waals surface area contributed by atoms with Crippen LogP contribution in [0.3, 0.4) is 0 Å². The van der Waals surface area contributed by atoms with E-state index in [0.29, 0.717) is 29.7 Å². The number of thioether (sulfide) groups is 2. The highest BCUT2D eigenvalue weighted by atomic mass is 35.5. The van der Waals surface area contributed by atoms with Gasteiger partial charge in [0.15, 0.2) is 0 Å². The Labute approximate surface area is 180 Å². The molecule has 0 bridgehead atoms. The average Bonchev–Trinajstić information content (AvgIpc) is 2.73. The van der Waals surface area contributed by atoms with Gasteiger partial charge in [0.05, 0.1) is 14.2 Å². The van der Waals surface area contributed by atoms with Crippen molar-refractivity contribution in [1.29, 1.82) is 0 Å². The lowest BCUT2D eigenvalue weighted by atomic mass is 10.2. The predicted octanol–water partition coefficient (Wildman–Crippen LogP) is 5.86. The molecule has 0 saturated heterocycles. The molecule has 0 unspecified atom stereocenters. The van der Waals surface area contributed by atoms with Gasteiger partial charge in [0.1, 0.15) is 9.81 Å². The summed E-state index contributed by atoms with van der Waals surface area (Å²) in [6, 6.07) is 14.0. The highest BCUT2D eigenvalue weighted by Gasteiger charge is 2.32. The Hall–Kier alpha value is -1.86. The zero-order chi connectivity index (χ0) is 20.3. The van der Waals surface area contributed by atoms with Crippen LogP contribution in [0, 0.1) is 0 Å². The maximum absolute atomic E-state index is 12.5. The molecule has 8 heteroatoms. The maximum atomic E-state index is 12.5. The molecule has 0 atom stereocenters. The van der Waals surface area contributed by atoms with Gasteiger partial charge in [-0.1, -0.05) is 71.0 Å². The quantitative estimate of drug-likeness (QED) is 0.541. The monoisotopic (exact) mass is 452 g/mol. The van der Waals surface area contributed by atoms with Crippen LogP contribution < -0.4 is 0 Å². The minimum Gasteiger partial charge on any atom is -0.465 e. The van der Waals surface area contributed by atoms with Crippen LogP contribution in [0.1, 0.15) is 11.1 Å². The number of carbonyl (C=O) groups is 2. The third-order valence-corrected chi connectivity index (χ3v) is 6.98. The van der Waals surface area contributed by atoms with Gasteiger partial charge in [-0.25, -0.2) is 9.59 Å².